The number of aromatic nitrogens is 3. The Labute approximate surface area is 175 Å². The first kappa shape index (κ1) is 21.6. The second-order valence-corrected chi connectivity index (χ2v) is 9.00. The number of hydrogen-bond acceptors (Lipinski definition) is 6. The predicted octanol–water partition coefficient (Wildman–Crippen LogP) is 1.03. The maximum Gasteiger partial charge on any atom is 0.251 e. The largest absolute Gasteiger partial charge is 0.379 e. The van der Waals surface area contributed by atoms with Crippen LogP contribution in [0.3, 0.4) is 0 Å². The first-order valence-electron chi connectivity index (χ1n) is 9.44. The Morgan fingerprint density at radius 3 is 2.69 bits per heavy atom. The number of ether oxygens (including phenoxy) is 1. The van der Waals surface area contributed by atoms with E-state index >= 15 is 0 Å². The molecule has 0 aliphatic carbocycles. The van der Waals surface area contributed by atoms with E-state index in [-0.39, 0.29) is 10.8 Å². The maximum atomic E-state index is 13.1. The van der Waals surface area contributed by atoms with E-state index in [2.05, 4.69) is 15.5 Å². The van der Waals surface area contributed by atoms with Crippen molar-refractivity contribution in [3.8, 4) is 0 Å². The third-order valence-corrected chi connectivity index (χ3v) is 7.25. The van der Waals surface area contributed by atoms with Gasteiger partial charge in [-0.1, -0.05) is 13.0 Å². The number of aryl methyl sites for hydroxylation is 1. The standard InChI is InChI=1S/C18H25N5O4S2/c1-3-13-4-5-14(12-15(13)29(25,26)23-8-10-27-11-9-23)17(24)19-7-6-16-20-21-18(28)22(16)2/h4-5,12H,3,6-11H2,1-2H3,(H,19,24)(H,21,28). The molecule has 1 fully saturated rings. The highest BCUT2D eigenvalue weighted by molar-refractivity contribution is 7.89. The average molecular weight is 440 g/mol. The molecule has 0 spiro atoms. The molecule has 2 heterocycles. The fraction of sp³-hybridized carbons (Fsp3) is 0.500. The van der Waals surface area contributed by atoms with E-state index in [9.17, 15) is 13.2 Å². The molecule has 1 aliphatic rings. The SMILES string of the molecule is CCc1ccc(C(=O)NCCc2n[nH]c(=S)n2C)cc1S(=O)(=O)N1CCOCC1. The summed E-state index contributed by atoms with van der Waals surface area (Å²) < 4.78 is 35.1. The van der Waals surface area contributed by atoms with Crippen molar-refractivity contribution in [2.75, 3.05) is 32.8 Å². The molecule has 1 aliphatic heterocycles. The lowest BCUT2D eigenvalue weighted by atomic mass is 10.1. The van der Waals surface area contributed by atoms with E-state index in [1.165, 1.54) is 10.4 Å². The van der Waals surface area contributed by atoms with Crippen molar-refractivity contribution in [3.05, 3.63) is 39.9 Å². The number of carbonyl (C=O) groups excluding carboxylic acids is 1. The topological polar surface area (TPSA) is 109 Å². The molecule has 0 radical (unpaired) electrons. The first-order chi connectivity index (χ1) is 13.8. The number of benzene rings is 1. The van der Waals surface area contributed by atoms with Crippen LogP contribution in [-0.2, 0) is 34.6 Å². The summed E-state index contributed by atoms with van der Waals surface area (Å²) in [5.41, 5.74) is 0.999. The van der Waals surface area contributed by atoms with Crippen molar-refractivity contribution in [1.82, 2.24) is 24.4 Å². The van der Waals surface area contributed by atoms with Crippen molar-refractivity contribution in [3.63, 3.8) is 0 Å². The normalized spacial score (nSPS) is 15.4. The number of hydrogen-bond donors (Lipinski definition) is 2. The van der Waals surface area contributed by atoms with Gasteiger partial charge in [-0.2, -0.15) is 9.40 Å². The summed E-state index contributed by atoms with van der Waals surface area (Å²) in [6, 6.07) is 4.83. The molecule has 0 unspecified atom stereocenters. The maximum absolute atomic E-state index is 13.1. The summed E-state index contributed by atoms with van der Waals surface area (Å²) in [5.74, 6) is 0.398. The zero-order chi connectivity index (χ0) is 21.0. The summed E-state index contributed by atoms with van der Waals surface area (Å²) in [6.07, 6.45) is 1.06. The van der Waals surface area contributed by atoms with Gasteiger partial charge < -0.3 is 14.6 Å². The third kappa shape index (κ3) is 4.74. The lowest BCUT2D eigenvalue weighted by Crippen LogP contribution is -2.41. The molecule has 29 heavy (non-hydrogen) atoms. The van der Waals surface area contributed by atoms with Crippen molar-refractivity contribution in [2.24, 2.45) is 7.05 Å². The minimum atomic E-state index is -3.68. The zero-order valence-electron chi connectivity index (χ0n) is 16.5. The van der Waals surface area contributed by atoms with Gasteiger partial charge in [0.1, 0.15) is 5.82 Å². The van der Waals surface area contributed by atoms with Gasteiger partial charge >= 0.3 is 0 Å². The summed E-state index contributed by atoms with van der Waals surface area (Å²) >= 11 is 5.07. The Balaban J connectivity index is 1.76. The summed E-state index contributed by atoms with van der Waals surface area (Å²) in [6.45, 7) is 3.62. The molecule has 1 aromatic heterocycles. The van der Waals surface area contributed by atoms with Crippen molar-refractivity contribution < 1.29 is 17.9 Å². The highest BCUT2D eigenvalue weighted by Gasteiger charge is 2.29. The number of amides is 1. The van der Waals surface area contributed by atoms with Crippen LogP contribution >= 0.6 is 12.2 Å². The highest BCUT2D eigenvalue weighted by Crippen LogP contribution is 2.23. The van der Waals surface area contributed by atoms with Crippen LogP contribution in [0.1, 0.15) is 28.7 Å². The van der Waals surface area contributed by atoms with Crippen LogP contribution < -0.4 is 5.32 Å². The molecule has 158 valence electrons. The fourth-order valence-electron chi connectivity index (χ4n) is 3.15. The second-order valence-electron chi connectivity index (χ2n) is 6.70. The number of nitrogens with zero attached hydrogens (tertiary/aromatic N) is 3. The Hall–Kier alpha value is -2.08. The van der Waals surface area contributed by atoms with E-state index in [4.69, 9.17) is 17.0 Å². The lowest BCUT2D eigenvalue weighted by Gasteiger charge is -2.27. The number of H-pyrrole nitrogens is 1. The van der Waals surface area contributed by atoms with Crippen molar-refractivity contribution in [2.45, 2.75) is 24.7 Å². The molecule has 0 atom stereocenters. The van der Waals surface area contributed by atoms with Gasteiger partial charge in [-0.15, -0.1) is 0 Å². The van der Waals surface area contributed by atoms with Gasteiger partial charge in [-0.05, 0) is 36.3 Å². The van der Waals surface area contributed by atoms with E-state index in [1.807, 2.05) is 6.92 Å². The molecule has 11 heteroatoms. The molecule has 1 amide bonds. The Bertz CT molecular complexity index is 1040. The molecular weight excluding hydrogens is 414 g/mol. The monoisotopic (exact) mass is 439 g/mol. The number of morpholine rings is 1. The van der Waals surface area contributed by atoms with Gasteiger partial charge in [0.05, 0.1) is 18.1 Å². The van der Waals surface area contributed by atoms with Crippen molar-refractivity contribution in [1.29, 1.82) is 0 Å². The molecule has 3 rings (SSSR count). The van der Waals surface area contributed by atoms with Crippen LogP contribution in [0, 0.1) is 4.77 Å². The number of rotatable bonds is 7. The average Bonchev–Trinajstić information content (AvgIpc) is 3.06. The van der Waals surface area contributed by atoms with Crippen LogP contribution in [-0.4, -0.2) is 66.2 Å². The van der Waals surface area contributed by atoms with Crippen molar-refractivity contribution >= 4 is 28.1 Å². The van der Waals surface area contributed by atoms with Gasteiger partial charge in [-0.3, -0.25) is 9.89 Å². The third-order valence-electron chi connectivity index (χ3n) is 4.90. The lowest BCUT2D eigenvalue weighted by molar-refractivity contribution is 0.0730. The number of carbonyl (C=O) groups is 1. The van der Waals surface area contributed by atoms with E-state index < -0.39 is 10.0 Å². The minimum Gasteiger partial charge on any atom is -0.379 e. The van der Waals surface area contributed by atoms with Crippen LogP contribution in [0.25, 0.3) is 0 Å². The van der Waals surface area contributed by atoms with E-state index in [0.717, 1.165) is 5.82 Å². The smallest absolute Gasteiger partial charge is 0.251 e. The van der Waals surface area contributed by atoms with Crippen LogP contribution in [0.5, 0.6) is 0 Å². The summed E-state index contributed by atoms with van der Waals surface area (Å²) in [7, 11) is -1.88. The quantitative estimate of drug-likeness (QED) is 0.624. The van der Waals surface area contributed by atoms with Crippen LogP contribution in [0.15, 0.2) is 23.1 Å². The molecule has 2 N–H and O–H groups in total. The molecular formula is C18H25N5O4S2. The summed E-state index contributed by atoms with van der Waals surface area (Å²) in [4.78, 5) is 12.8. The van der Waals surface area contributed by atoms with Gasteiger partial charge in [0.2, 0.25) is 10.0 Å². The minimum absolute atomic E-state index is 0.184. The van der Waals surface area contributed by atoms with Crippen LogP contribution in [0.2, 0.25) is 0 Å². The molecule has 0 bridgehead atoms. The predicted molar refractivity (Wildman–Crippen MR) is 110 cm³/mol. The van der Waals surface area contributed by atoms with E-state index in [1.54, 1.807) is 23.7 Å². The van der Waals surface area contributed by atoms with Gasteiger partial charge in [0, 0.05) is 38.7 Å². The van der Waals surface area contributed by atoms with Gasteiger partial charge in [0.25, 0.3) is 5.91 Å². The molecule has 1 aromatic carbocycles. The van der Waals surface area contributed by atoms with E-state index in [0.29, 0.717) is 61.6 Å². The fourth-order valence-corrected chi connectivity index (χ4v) is 5.03. The summed E-state index contributed by atoms with van der Waals surface area (Å²) in [5, 5.41) is 9.61. The Kier molecular flexibility index (Phi) is 6.83. The Morgan fingerprint density at radius 2 is 2.07 bits per heavy atom. The molecule has 1 saturated heterocycles. The van der Waals surface area contributed by atoms with Gasteiger partial charge in [0.15, 0.2) is 4.77 Å². The zero-order valence-corrected chi connectivity index (χ0v) is 18.1. The highest BCUT2D eigenvalue weighted by atomic mass is 32.2. The van der Waals surface area contributed by atoms with Crippen LogP contribution in [0.4, 0.5) is 0 Å². The second kappa shape index (κ2) is 9.16. The molecule has 0 saturated carbocycles. The van der Waals surface area contributed by atoms with Gasteiger partial charge in [-0.25, -0.2) is 8.42 Å². The molecule has 2 aromatic rings. The molecule has 9 nitrogen and oxygen atoms in total. The number of sulfonamides is 1. The number of nitrogens with one attached hydrogen (secondary N) is 2. The Morgan fingerprint density at radius 1 is 1.34 bits per heavy atom. The number of aromatic amines is 1. The first-order valence-corrected chi connectivity index (χ1v) is 11.3.